The molecule has 1 fully saturated rings. The highest BCUT2D eigenvalue weighted by Crippen LogP contribution is 2.17. The number of hydrogen-bond acceptors (Lipinski definition) is 3. The average molecular weight is 287 g/mol. The van der Waals surface area contributed by atoms with Gasteiger partial charge in [-0.1, -0.05) is 0 Å². The topological polar surface area (TPSA) is 32.3 Å². The molecule has 0 aromatic heterocycles. The van der Waals surface area contributed by atoms with Gasteiger partial charge in [-0.3, -0.25) is 4.79 Å². The van der Waals surface area contributed by atoms with Crippen LogP contribution in [0, 0.1) is 0 Å². The third-order valence-corrected chi connectivity index (χ3v) is 3.96. The Kier molecular flexibility index (Phi) is 5.99. The number of nitrogens with one attached hydrogen (secondary N) is 1. The number of benzene rings is 1. The minimum absolute atomic E-state index is 0. The Bertz CT molecular complexity index is 396. The van der Waals surface area contributed by atoms with Crippen LogP contribution in [0.3, 0.4) is 0 Å². The van der Waals surface area contributed by atoms with Crippen molar-refractivity contribution in [1.82, 2.24) is 10.2 Å². The Balaban J connectivity index is 0.00000162. The molecule has 0 radical (unpaired) electrons. The van der Waals surface area contributed by atoms with Crippen LogP contribution in [0.15, 0.2) is 29.2 Å². The number of rotatable bonds is 3. The van der Waals surface area contributed by atoms with E-state index in [0.717, 1.165) is 25.1 Å². The van der Waals surface area contributed by atoms with Crippen molar-refractivity contribution in [3.63, 3.8) is 0 Å². The predicted octanol–water partition coefficient (Wildman–Crippen LogP) is 2.26. The summed E-state index contributed by atoms with van der Waals surface area (Å²) >= 11 is 1.69. The standard InChI is InChI=1S/C13H18N2OS.ClH/c1-14-11-7-8-15(9-11)13(16)10-3-5-12(17-2)6-4-10;/h3-6,11,14H,7-9H2,1-2H3;1H. The van der Waals surface area contributed by atoms with Crippen molar-refractivity contribution in [2.75, 3.05) is 26.4 Å². The summed E-state index contributed by atoms with van der Waals surface area (Å²) in [4.78, 5) is 15.3. The van der Waals surface area contributed by atoms with Crippen molar-refractivity contribution in [3.8, 4) is 0 Å². The molecule has 3 nitrogen and oxygen atoms in total. The number of carbonyl (C=O) groups is 1. The molecule has 1 unspecified atom stereocenters. The molecule has 100 valence electrons. The Hall–Kier alpha value is -0.710. The van der Waals surface area contributed by atoms with Gasteiger partial charge in [0.05, 0.1) is 0 Å². The van der Waals surface area contributed by atoms with Gasteiger partial charge in [0.25, 0.3) is 5.91 Å². The second kappa shape index (κ2) is 7.02. The predicted molar refractivity (Wildman–Crippen MR) is 78.8 cm³/mol. The second-order valence-corrected chi connectivity index (χ2v) is 5.13. The average Bonchev–Trinajstić information content (AvgIpc) is 2.87. The molecule has 1 saturated heterocycles. The summed E-state index contributed by atoms with van der Waals surface area (Å²) in [6.07, 6.45) is 3.08. The summed E-state index contributed by atoms with van der Waals surface area (Å²) < 4.78 is 0. The fraction of sp³-hybridized carbons (Fsp3) is 0.462. The molecule has 1 aromatic carbocycles. The highest BCUT2D eigenvalue weighted by atomic mass is 35.5. The molecule has 1 aliphatic rings. The number of thioether (sulfide) groups is 1. The molecule has 0 bridgehead atoms. The summed E-state index contributed by atoms with van der Waals surface area (Å²) in [7, 11) is 1.95. The summed E-state index contributed by atoms with van der Waals surface area (Å²) in [6.45, 7) is 1.67. The highest BCUT2D eigenvalue weighted by Gasteiger charge is 2.25. The van der Waals surface area contributed by atoms with E-state index in [2.05, 4.69) is 5.32 Å². The Morgan fingerprint density at radius 2 is 2.06 bits per heavy atom. The van der Waals surface area contributed by atoms with Gasteiger partial charge in [0, 0.05) is 29.6 Å². The largest absolute Gasteiger partial charge is 0.337 e. The highest BCUT2D eigenvalue weighted by molar-refractivity contribution is 7.98. The summed E-state index contributed by atoms with van der Waals surface area (Å²) in [6, 6.07) is 8.29. The number of nitrogens with zero attached hydrogens (tertiary/aromatic N) is 1. The lowest BCUT2D eigenvalue weighted by molar-refractivity contribution is 0.0789. The van der Waals surface area contributed by atoms with E-state index < -0.39 is 0 Å². The van der Waals surface area contributed by atoms with Crippen molar-refractivity contribution < 1.29 is 4.79 Å². The van der Waals surface area contributed by atoms with E-state index in [-0.39, 0.29) is 18.3 Å². The van der Waals surface area contributed by atoms with Gasteiger partial charge in [0.2, 0.25) is 0 Å². The van der Waals surface area contributed by atoms with E-state index in [1.54, 1.807) is 11.8 Å². The number of amides is 1. The number of carbonyl (C=O) groups excluding carboxylic acids is 1. The van der Waals surface area contributed by atoms with E-state index in [1.807, 2.05) is 42.5 Å². The smallest absolute Gasteiger partial charge is 0.253 e. The number of likely N-dealkylation sites (tertiary alicyclic amines) is 1. The van der Waals surface area contributed by atoms with Gasteiger partial charge in [-0.2, -0.15) is 0 Å². The van der Waals surface area contributed by atoms with Crippen LogP contribution in [0.4, 0.5) is 0 Å². The Labute approximate surface area is 119 Å². The van der Waals surface area contributed by atoms with Crippen LogP contribution in [0.2, 0.25) is 0 Å². The monoisotopic (exact) mass is 286 g/mol. The molecule has 5 heteroatoms. The molecule has 1 atom stereocenters. The summed E-state index contributed by atoms with van der Waals surface area (Å²) in [5.74, 6) is 0.149. The number of hydrogen-bond donors (Lipinski definition) is 1. The van der Waals surface area contributed by atoms with Crippen molar-refractivity contribution in [3.05, 3.63) is 29.8 Å². The Morgan fingerprint density at radius 3 is 2.56 bits per heavy atom. The van der Waals surface area contributed by atoms with Gasteiger partial charge in [-0.05, 0) is 44.0 Å². The molecular weight excluding hydrogens is 268 g/mol. The zero-order valence-electron chi connectivity index (χ0n) is 10.7. The van der Waals surface area contributed by atoms with E-state index >= 15 is 0 Å². The van der Waals surface area contributed by atoms with Crippen LogP contribution >= 0.6 is 24.2 Å². The lowest BCUT2D eigenvalue weighted by Crippen LogP contribution is -2.33. The lowest BCUT2D eigenvalue weighted by atomic mass is 10.2. The molecular formula is C13H19ClN2OS. The van der Waals surface area contributed by atoms with Crippen molar-refractivity contribution in [1.29, 1.82) is 0 Å². The summed E-state index contributed by atoms with van der Waals surface area (Å²) in [5.41, 5.74) is 0.791. The van der Waals surface area contributed by atoms with E-state index in [4.69, 9.17) is 0 Å². The maximum Gasteiger partial charge on any atom is 0.253 e. The molecule has 1 amide bonds. The minimum atomic E-state index is 0. The van der Waals surface area contributed by atoms with E-state index in [9.17, 15) is 4.79 Å². The van der Waals surface area contributed by atoms with Gasteiger partial charge >= 0.3 is 0 Å². The molecule has 18 heavy (non-hydrogen) atoms. The molecule has 1 aliphatic heterocycles. The van der Waals surface area contributed by atoms with Gasteiger partial charge in [-0.15, -0.1) is 24.2 Å². The molecule has 1 N–H and O–H groups in total. The van der Waals surface area contributed by atoms with E-state index in [0.29, 0.717) is 6.04 Å². The second-order valence-electron chi connectivity index (χ2n) is 4.25. The first-order valence-electron chi connectivity index (χ1n) is 5.85. The number of likely N-dealkylation sites (N-methyl/N-ethyl adjacent to an activating group) is 1. The van der Waals surface area contributed by atoms with Crippen molar-refractivity contribution in [2.45, 2.75) is 17.4 Å². The van der Waals surface area contributed by atoms with Crippen LogP contribution in [-0.2, 0) is 0 Å². The van der Waals surface area contributed by atoms with Gasteiger partial charge in [0.1, 0.15) is 0 Å². The normalized spacial score (nSPS) is 18.6. The van der Waals surface area contributed by atoms with Crippen LogP contribution in [0.25, 0.3) is 0 Å². The molecule has 2 rings (SSSR count). The first-order valence-corrected chi connectivity index (χ1v) is 7.07. The molecule has 0 saturated carbocycles. The lowest BCUT2D eigenvalue weighted by Gasteiger charge is -2.16. The van der Waals surface area contributed by atoms with Crippen molar-refractivity contribution >= 4 is 30.1 Å². The van der Waals surface area contributed by atoms with Crippen LogP contribution in [0.5, 0.6) is 0 Å². The quantitative estimate of drug-likeness (QED) is 0.865. The summed E-state index contributed by atoms with van der Waals surface area (Å²) in [5, 5.41) is 3.22. The zero-order chi connectivity index (χ0) is 12.3. The van der Waals surface area contributed by atoms with Crippen LogP contribution in [-0.4, -0.2) is 43.2 Å². The fourth-order valence-corrected chi connectivity index (χ4v) is 2.50. The van der Waals surface area contributed by atoms with E-state index in [1.165, 1.54) is 4.90 Å². The van der Waals surface area contributed by atoms with Crippen LogP contribution < -0.4 is 5.32 Å². The van der Waals surface area contributed by atoms with Crippen LogP contribution in [0.1, 0.15) is 16.8 Å². The first-order chi connectivity index (χ1) is 8.24. The van der Waals surface area contributed by atoms with Gasteiger partial charge in [0.15, 0.2) is 0 Å². The molecule has 0 aliphatic carbocycles. The zero-order valence-corrected chi connectivity index (χ0v) is 12.3. The third-order valence-electron chi connectivity index (χ3n) is 3.22. The molecule has 1 heterocycles. The fourth-order valence-electron chi connectivity index (χ4n) is 2.10. The molecule has 0 spiro atoms. The first kappa shape index (κ1) is 15.3. The Morgan fingerprint density at radius 1 is 1.39 bits per heavy atom. The SMILES string of the molecule is CNC1CCN(C(=O)c2ccc(SC)cc2)C1.Cl. The third kappa shape index (κ3) is 3.40. The van der Waals surface area contributed by atoms with Gasteiger partial charge in [-0.25, -0.2) is 0 Å². The molecule has 1 aromatic rings. The maximum atomic E-state index is 12.2. The van der Waals surface area contributed by atoms with Crippen molar-refractivity contribution in [2.24, 2.45) is 0 Å². The maximum absolute atomic E-state index is 12.2. The number of halogens is 1. The van der Waals surface area contributed by atoms with Gasteiger partial charge < -0.3 is 10.2 Å². The minimum Gasteiger partial charge on any atom is -0.337 e.